The fraction of sp³-hybridized carbons (Fsp3) is 0.333. The topological polar surface area (TPSA) is 41.5 Å². The van der Waals surface area contributed by atoms with Crippen LogP contribution in [0, 0.1) is 6.92 Å². The number of ether oxygens (including phenoxy) is 1. The van der Waals surface area contributed by atoms with Crippen molar-refractivity contribution in [3.05, 3.63) is 69.8 Å². The van der Waals surface area contributed by atoms with Gasteiger partial charge in [0, 0.05) is 13.0 Å². The maximum absolute atomic E-state index is 9.55. The van der Waals surface area contributed by atoms with E-state index >= 15 is 0 Å². The van der Waals surface area contributed by atoms with Crippen LogP contribution in [0.25, 0.3) is 6.08 Å². The van der Waals surface area contributed by atoms with Crippen molar-refractivity contribution in [2.75, 3.05) is 13.2 Å². The average molecular weight is 321 g/mol. The van der Waals surface area contributed by atoms with Crippen molar-refractivity contribution in [3.8, 4) is 5.75 Å². The average Bonchev–Trinajstić information content (AvgIpc) is 3.07. The predicted octanol–water partition coefficient (Wildman–Crippen LogP) is 3.32. The standard InChI is InChI=1S/C21H23NO2/c1-14-10-16-6-8-22-20(19(16)12-18(14)13-23)4-2-15-3-5-21-17(11-15)7-9-24-21/h2-5,10-12,20,22-23H,6-9,13H2,1H3/b4-2+. The maximum Gasteiger partial charge on any atom is 0.122 e. The van der Waals surface area contributed by atoms with Gasteiger partial charge >= 0.3 is 0 Å². The number of aliphatic hydroxyl groups is 1. The first kappa shape index (κ1) is 15.4. The van der Waals surface area contributed by atoms with Gasteiger partial charge in [-0.15, -0.1) is 0 Å². The number of rotatable bonds is 3. The Labute approximate surface area is 143 Å². The SMILES string of the molecule is Cc1cc2c(cc1CO)C(/C=C/c1ccc3c(c1)CCO3)NCC2. The Morgan fingerprint density at radius 1 is 1.21 bits per heavy atom. The van der Waals surface area contributed by atoms with Crippen LogP contribution in [0.15, 0.2) is 36.4 Å². The predicted molar refractivity (Wildman–Crippen MR) is 96.2 cm³/mol. The summed E-state index contributed by atoms with van der Waals surface area (Å²) >= 11 is 0. The van der Waals surface area contributed by atoms with Gasteiger partial charge in [-0.2, -0.15) is 0 Å². The van der Waals surface area contributed by atoms with Crippen LogP contribution in [0.5, 0.6) is 5.75 Å². The molecule has 2 aliphatic rings. The van der Waals surface area contributed by atoms with Crippen LogP contribution in [-0.2, 0) is 19.4 Å². The Morgan fingerprint density at radius 2 is 2.12 bits per heavy atom. The molecule has 3 nitrogen and oxygen atoms in total. The lowest BCUT2D eigenvalue weighted by Gasteiger charge is -2.26. The molecule has 4 rings (SSSR count). The Bertz CT molecular complexity index is 795. The minimum Gasteiger partial charge on any atom is -0.493 e. The Balaban J connectivity index is 1.62. The van der Waals surface area contributed by atoms with Crippen molar-refractivity contribution >= 4 is 6.08 Å². The Morgan fingerprint density at radius 3 is 3.00 bits per heavy atom. The van der Waals surface area contributed by atoms with Gasteiger partial charge < -0.3 is 15.2 Å². The molecular formula is C21H23NO2. The third-order valence-corrected chi connectivity index (χ3v) is 5.06. The molecule has 0 aromatic heterocycles. The molecule has 2 heterocycles. The highest BCUT2D eigenvalue weighted by atomic mass is 16.5. The molecule has 2 aliphatic heterocycles. The Hall–Kier alpha value is -2.10. The van der Waals surface area contributed by atoms with Crippen molar-refractivity contribution in [2.24, 2.45) is 0 Å². The molecule has 0 fully saturated rings. The van der Waals surface area contributed by atoms with Crippen molar-refractivity contribution in [1.29, 1.82) is 0 Å². The molecule has 1 unspecified atom stereocenters. The smallest absolute Gasteiger partial charge is 0.122 e. The van der Waals surface area contributed by atoms with Crippen LogP contribution >= 0.6 is 0 Å². The van der Waals surface area contributed by atoms with E-state index in [0.29, 0.717) is 0 Å². The number of hydrogen-bond donors (Lipinski definition) is 2. The summed E-state index contributed by atoms with van der Waals surface area (Å²) in [7, 11) is 0. The minimum atomic E-state index is 0.0976. The van der Waals surface area contributed by atoms with Crippen LogP contribution in [-0.4, -0.2) is 18.3 Å². The number of hydrogen-bond acceptors (Lipinski definition) is 3. The first-order valence-corrected chi connectivity index (χ1v) is 8.65. The van der Waals surface area contributed by atoms with Gasteiger partial charge in [-0.25, -0.2) is 0 Å². The number of benzene rings is 2. The van der Waals surface area contributed by atoms with Crippen LogP contribution in [0.4, 0.5) is 0 Å². The third-order valence-electron chi connectivity index (χ3n) is 5.06. The second-order valence-corrected chi connectivity index (χ2v) is 6.64. The van der Waals surface area contributed by atoms with Gasteiger partial charge in [-0.1, -0.05) is 30.4 Å². The summed E-state index contributed by atoms with van der Waals surface area (Å²) in [6.07, 6.45) is 6.46. The molecule has 24 heavy (non-hydrogen) atoms. The highest BCUT2D eigenvalue weighted by Crippen LogP contribution is 2.29. The van der Waals surface area contributed by atoms with E-state index in [0.717, 1.165) is 37.3 Å². The second kappa shape index (κ2) is 6.42. The van der Waals surface area contributed by atoms with Crippen LogP contribution < -0.4 is 10.1 Å². The van der Waals surface area contributed by atoms with E-state index in [4.69, 9.17) is 4.74 Å². The molecule has 0 bridgehead atoms. The van der Waals surface area contributed by atoms with Crippen LogP contribution in [0.2, 0.25) is 0 Å². The van der Waals surface area contributed by atoms with E-state index in [1.165, 1.54) is 27.8 Å². The molecule has 1 atom stereocenters. The van der Waals surface area contributed by atoms with Gasteiger partial charge in [0.2, 0.25) is 0 Å². The van der Waals surface area contributed by atoms with Crippen LogP contribution in [0.3, 0.4) is 0 Å². The number of nitrogens with one attached hydrogen (secondary N) is 1. The molecule has 0 amide bonds. The summed E-state index contributed by atoms with van der Waals surface area (Å²) in [5.41, 5.74) is 7.39. The summed E-state index contributed by atoms with van der Waals surface area (Å²) in [5.74, 6) is 1.02. The zero-order valence-corrected chi connectivity index (χ0v) is 14.0. The van der Waals surface area contributed by atoms with E-state index in [9.17, 15) is 5.11 Å². The van der Waals surface area contributed by atoms with E-state index in [2.05, 4.69) is 54.7 Å². The van der Waals surface area contributed by atoms with E-state index in [1.807, 2.05) is 0 Å². The lowest BCUT2D eigenvalue weighted by molar-refractivity contribution is 0.280. The molecule has 3 heteroatoms. The minimum absolute atomic E-state index is 0.0976. The molecule has 0 aliphatic carbocycles. The van der Waals surface area contributed by atoms with Gasteiger partial charge in [-0.05, 0) is 58.9 Å². The van der Waals surface area contributed by atoms with Gasteiger partial charge in [0.15, 0.2) is 0 Å². The van der Waals surface area contributed by atoms with Crippen LogP contribution in [0.1, 0.15) is 39.4 Å². The van der Waals surface area contributed by atoms with Gasteiger partial charge in [-0.3, -0.25) is 0 Å². The zero-order chi connectivity index (χ0) is 16.5. The van der Waals surface area contributed by atoms with Crippen molar-refractivity contribution in [2.45, 2.75) is 32.4 Å². The highest BCUT2D eigenvalue weighted by Gasteiger charge is 2.19. The van der Waals surface area contributed by atoms with Gasteiger partial charge in [0.05, 0.1) is 19.3 Å². The summed E-state index contributed by atoms with van der Waals surface area (Å²) in [6, 6.07) is 11.0. The van der Waals surface area contributed by atoms with Gasteiger partial charge in [0.25, 0.3) is 0 Å². The lowest BCUT2D eigenvalue weighted by Crippen LogP contribution is -2.28. The number of aliphatic hydroxyl groups excluding tert-OH is 1. The monoisotopic (exact) mass is 321 g/mol. The van der Waals surface area contributed by atoms with Gasteiger partial charge in [0.1, 0.15) is 5.75 Å². The summed E-state index contributed by atoms with van der Waals surface area (Å²) in [6.45, 7) is 3.95. The fourth-order valence-corrected chi connectivity index (χ4v) is 3.67. The molecule has 0 saturated heterocycles. The molecule has 0 saturated carbocycles. The molecule has 124 valence electrons. The maximum atomic E-state index is 9.55. The molecule has 0 spiro atoms. The first-order chi connectivity index (χ1) is 11.7. The highest BCUT2D eigenvalue weighted by molar-refractivity contribution is 5.56. The van der Waals surface area contributed by atoms with Crippen molar-refractivity contribution in [1.82, 2.24) is 5.32 Å². The third kappa shape index (κ3) is 2.85. The molecule has 2 aromatic rings. The molecule has 2 aromatic carbocycles. The Kier molecular flexibility index (Phi) is 4.13. The largest absolute Gasteiger partial charge is 0.493 e. The van der Waals surface area contributed by atoms with E-state index < -0.39 is 0 Å². The fourth-order valence-electron chi connectivity index (χ4n) is 3.67. The number of aryl methyl sites for hydroxylation is 1. The molecule has 0 radical (unpaired) electrons. The zero-order valence-electron chi connectivity index (χ0n) is 14.0. The number of fused-ring (bicyclic) bond motifs is 2. The van der Waals surface area contributed by atoms with Crippen molar-refractivity contribution < 1.29 is 9.84 Å². The first-order valence-electron chi connectivity index (χ1n) is 8.65. The summed E-state index contributed by atoms with van der Waals surface area (Å²) in [4.78, 5) is 0. The second-order valence-electron chi connectivity index (χ2n) is 6.64. The molecular weight excluding hydrogens is 298 g/mol. The normalized spacial score (nSPS) is 19.2. The van der Waals surface area contributed by atoms with Crippen molar-refractivity contribution in [3.63, 3.8) is 0 Å². The summed E-state index contributed by atoms with van der Waals surface area (Å²) < 4.78 is 5.57. The summed E-state index contributed by atoms with van der Waals surface area (Å²) in [5, 5.41) is 13.1. The quantitative estimate of drug-likeness (QED) is 0.911. The molecule has 2 N–H and O–H groups in total. The van der Waals surface area contributed by atoms with E-state index in [-0.39, 0.29) is 12.6 Å². The lowest BCUT2D eigenvalue weighted by atomic mass is 9.90. The van der Waals surface area contributed by atoms with E-state index in [1.54, 1.807) is 0 Å².